The maximum Gasteiger partial charge on any atom is 0.321 e. The van der Waals surface area contributed by atoms with Crippen molar-refractivity contribution in [3.8, 4) is 11.5 Å². The van der Waals surface area contributed by atoms with Crippen LogP contribution in [-0.2, 0) is 4.79 Å². The number of benzene rings is 2. The molecule has 6 nitrogen and oxygen atoms in total. The van der Waals surface area contributed by atoms with Crippen LogP contribution in [0.2, 0.25) is 5.02 Å². The van der Waals surface area contributed by atoms with Crippen molar-refractivity contribution in [2.75, 3.05) is 12.4 Å². The second-order valence-electron chi connectivity index (χ2n) is 4.99. The van der Waals surface area contributed by atoms with Gasteiger partial charge in [-0.3, -0.25) is 10.1 Å². The number of carbonyl (C=O) groups excluding carboxylic acids is 2. The first-order valence-electron chi connectivity index (χ1n) is 7.31. The van der Waals surface area contributed by atoms with Crippen LogP contribution in [0.5, 0.6) is 11.5 Å². The molecule has 0 spiro atoms. The van der Waals surface area contributed by atoms with E-state index in [9.17, 15) is 9.59 Å². The molecule has 2 aromatic carbocycles. The molecule has 0 heterocycles. The number of nitrogens with one attached hydrogen (secondary N) is 3. The minimum Gasteiger partial charge on any atom is -0.456 e. The Hall–Kier alpha value is -2.73. The molecule has 0 radical (unpaired) electrons. The van der Waals surface area contributed by atoms with Gasteiger partial charge in [0.2, 0.25) is 5.91 Å². The predicted octanol–water partition coefficient (Wildman–Crippen LogP) is 3.39. The van der Waals surface area contributed by atoms with Gasteiger partial charge < -0.3 is 15.4 Å². The van der Waals surface area contributed by atoms with E-state index in [-0.39, 0.29) is 0 Å². The van der Waals surface area contributed by atoms with Gasteiger partial charge in [-0.1, -0.05) is 23.7 Å². The molecule has 0 aliphatic rings. The number of ether oxygens (including phenoxy) is 1. The lowest BCUT2D eigenvalue weighted by Crippen LogP contribution is -2.44. The molecule has 0 saturated heterocycles. The summed E-state index contributed by atoms with van der Waals surface area (Å²) in [5.74, 6) is 0.764. The first-order valence-corrected chi connectivity index (χ1v) is 7.69. The molecule has 3 amide bonds. The van der Waals surface area contributed by atoms with E-state index in [0.29, 0.717) is 16.5 Å². The Balaban J connectivity index is 1.95. The molecular formula is C17H18ClN3O3. The smallest absolute Gasteiger partial charge is 0.321 e. The van der Waals surface area contributed by atoms with Crippen molar-refractivity contribution in [1.82, 2.24) is 10.6 Å². The molecule has 24 heavy (non-hydrogen) atoms. The number of carbonyl (C=O) groups is 2. The lowest BCUT2D eigenvalue weighted by Gasteiger charge is -2.15. The van der Waals surface area contributed by atoms with Crippen molar-refractivity contribution in [1.29, 1.82) is 0 Å². The van der Waals surface area contributed by atoms with Gasteiger partial charge in [-0.25, -0.2) is 4.79 Å². The molecule has 0 aliphatic carbocycles. The Kier molecular flexibility index (Phi) is 6.03. The molecule has 0 bridgehead atoms. The second kappa shape index (κ2) is 8.21. The average molecular weight is 348 g/mol. The van der Waals surface area contributed by atoms with E-state index < -0.39 is 18.0 Å². The summed E-state index contributed by atoms with van der Waals surface area (Å²) < 4.78 is 5.69. The fraction of sp³-hybridized carbons (Fsp3) is 0.176. The summed E-state index contributed by atoms with van der Waals surface area (Å²) in [6, 6.07) is 13.1. The van der Waals surface area contributed by atoms with Crippen molar-refractivity contribution >= 4 is 29.2 Å². The van der Waals surface area contributed by atoms with Crippen LogP contribution in [0.1, 0.15) is 6.92 Å². The molecule has 0 saturated carbocycles. The van der Waals surface area contributed by atoms with Crippen LogP contribution in [0, 0.1) is 0 Å². The highest BCUT2D eigenvalue weighted by Gasteiger charge is 2.14. The zero-order valence-electron chi connectivity index (χ0n) is 13.3. The fourth-order valence-electron chi connectivity index (χ4n) is 1.87. The summed E-state index contributed by atoms with van der Waals surface area (Å²) in [5, 5.41) is 8.06. The molecule has 0 aliphatic heterocycles. The summed E-state index contributed by atoms with van der Waals surface area (Å²) >= 11 is 6.05. The number of amides is 3. The largest absolute Gasteiger partial charge is 0.456 e. The van der Waals surface area contributed by atoms with E-state index in [1.54, 1.807) is 43.3 Å². The Morgan fingerprint density at radius 3 is 2.38 bits per heavy atom. The van der Waals surface area contributed by atoms with Crippen LogP contribution in [0.4, 0.5) is 10.5 Å². The van der Waals surface area contributed by atoms with E-state index in [1.807, 2.05) is 12.1 Å². The van der Waals surface area contributed by atoms with Crippen LogP contribution in [0.25, 0.3) is 0 Å². The third-order valence-electron chi connectivity index (χ3n) is 3.16. The van der Waals surface area contributed by atoms with Crippen molar-refractivity contribution in [3.63, 3.8) is 0 Å². The van der Waals surface area contributed by atoms with Crippen LogP contribution in [0.15, 0.2) is 48.5 Å². The van der Waals surface area contributed by atoms with Crippen molar-refractivity contribution in [2.24, 2.45) is 0 Å². The topological polar surface area (TPSA) is 79.5 Å². The van der Waals surface area contributed by atoms with Gasteiger partial charge in [0.25, 0.3) is 0 Å². The maximum atomic E-state index is 11.8. The lowest BCUT2D eigenvalue weighted by atomic mass is 10.2. The average Bonchev–Trinajstić information content (AvgIpc) is 2.58. The summed E-state index contributed by atoms with van der Waals surface area (Å²) in [4.78, 5) is 22.9. The molecule has 1 atom stereocenters. The number of urea groups is 1. The third-order valence-corrected chi connectivity index (χ3v) is 3.47. The monoisotopic (exact) mass is 347 g/mol. The number of imide groups is 1. The van der Waals surface area contributed by atoms with Crippen LogP contribution >= 0.6 is 11.6 Å². The Bertz CT molecular complexity index is 719. The molecule has 2 aromatic rings. The van der Waals surface area contributed by atoms with Gasteiger partial charge in [-0.15, -0.1) is 0 Å². The van der Waals surface area contributed by atoms with E-state index in [1.165, 1.54) is 7.05 Å². The van der Waals surface area contributed by atoms with E-state index in [2.05, 4.69) is 16.0 Å². The van der Waals surface area contributed by atoms with Crippen LogP contribution in [-0.4, -0.2) is 25.0 Å². The molecule has 0 fully saturated rings. The van der Waals surface area contributed by atoms with E-state index >= 15 is 0 Å². The normalized spacial score (nSPS) is 11.3. The van der Waals surface area contributed by atoms with Gasteiger partial charge in [-0.05, 0) is 43.3 Å². The Morgan fingerprint density at radius 1 is 1.08 bits per heavy atom. The zero-order valence-corrected chi connectivity index (χ0v) is 14.1. The first-order chi connectivity index (χ1) is 11.5. The van der Waals surface area contributed by atoms with E-state index in [4.69, 9.17) is 16.3 Å². The fourth-order valence-corrected chi connectivity index (χ4v) is 2.05. The number of rotatable bonds is 5. The lowest BCUT2D eigenvalue weighted by molar-refractivity contribution is -0.120. The van der Waals surface area contributed by atoms with Gasteiger partial charge in [0.1, 0.15) is 17.5 Å². The first kappa shape index (κ1) is 17.6. The highest BCUT2D eigenvalue weighted by molar-refractivity contribution is 6.32. The van der Waals surface area contributed by atoms with Crippen LogP contribution < -0.4 is 20.7 Å². The van der Waals surface area contributed by atoms with Crippen molar-refractivity contribution in [3.05, 3.63) is 53.6 Å². The van der Waals surface area contributed by atoms with E-state index in [0.717, 1.165) is 5.69 Å². The quantitative estimate of drug-likeness (QED) is 0.774. The minimum absolute atomic E-state index is 0.425. The van der Waals surface area contributed by atoms with Crippen LogP contribution in [0.3, 0.4) is 0 Å². The predicted molar refractivity (Wildman–Crippen MR) is 93.7 cm³/mol. The zero-order chi connectivity index (χ0) is 17.5. The summed E-state index contributed by atoms with van der Waals surface area (Å²) in [6.45, 7) is 1.66. The molecule has 7 heteroatoms. The summed E-state index contributed by atoms with van der Waals surface area (Å²) in [7, 11) is 1.44. The van der Waals surface area contributed by atoms with Crippen molar-refractivity contribution in [2.45, 2.75) is 13.0 Å². The van der Waals surface area contributed by atoms with Gasteiger partial charge in [0.05, 0.1) is 5.02 Å². The SMILES string of the molecule is CNC(=O)NC(=O)[C@H](C)Nc1ccc(Oc2ccccc2Cl)cc1. The number of halogens is 1. The molecule has 0 aromatic heterocycles. The second-order valence-corrected chi connectivity index (χ2v) is 5.40. The Morgan fingerprint density at radius 2 is 1.75 bits per heavy atom. The molecular weight excluding hydrogens is 330 g/mol. The van der Waals surface area contributed by atoms with Gasteiger partial charge in [0, 0.05) is 12.7 Å². The van der Waals surface area contributed by atoms with Gasteiger partial charge in [-0.2, -0.15) is 0 Å². The number of hydrogen-bond acceptors (Lipinski definition) is 4. The molecule has 126 valence electrons. The molecule has 3 N–H and O–H groups in total. The Labute approximate surface area is 145 Å². The highest BCUT2D eigenvalue weighted by atomic mass is 35.5. The molecule has 0 unspecified atom stereocenters. The standard InChI is InChI=1S/C17H18ClN3O3/c1-11(16(22)21-17(23)19-2)20-12-7-9-13(10-8-12)24-15-6-4-3-5-14(15)18/h3-11,20H,1-2H3,(H2,19,21,22,23)/t11-/m0/s1. The maximum absolute atomic E-state index is 11.8. The van der Waals surface area contributed by atoms with Gasteiger partial charge in [0.15, 0.2) is 0 Å². The summed E-state index contributed by atoms with van der Waals surface area (Å²) in [6.07, 6.45) is 0. The molecule has 2 rings (SSSR count). The number of hydrogen-bond donors (Lipinski definition) is 3. The van der Waals surface area contributed by atoms with Gasteiger partial charge >= 0.3 is 6.03 Å². The van der Waals surface area contributed by atoms with Crippen molar-refractivity contribution < 1.29 is 14.3 Å². The number of anilines is 1. The number of para-hydroxylation sites is 1. The minimum atomic E-state index is -0.572. The summed E-state index contributed by atoms with van der Waals surface area (Å²) in [5.41, 5.74) is 0.723. The highest BCUT2D eigenvalue weighted by Crippen LogP contribution is 2.29. The third kappa shape index (κ3) is 4.89.